The molecule has 5 nitrogen and oxygen atoms in total. The summed E-state index contributed by atoms with van der Waals surface area (Å²) < 4.78 is 5.75. The minimum absolute atomic E-state index is 0.291. The summed E-state index contributed by atoms with van der Waals surface area (Å²) in [7, 11) is 0. The molecule has 0 bridgehead atoms. The van der Waals surface area contributed by atoms with Crippen LogP contribution >= 0.6 is 11.6 Å². The predicted octanol–water partition coefficient (Wildman–Crippen LogP) is 3.74. The van der Waals surface area contributed by atoms with Gasteiger partial charge in [-0.2, -0.15) is 0 Å². The monoisotopic (exact) mass is 333 g/mol. The first-order valence-corrected chi connectivity index (χ1v) is 8.30. The molecule has 1 aliphatic heterocycles. The third kappa shape index (κ3) is 3.74. The van der Waals surface area contributed by atoms with Crippen molar-refractivity contribution in [2.75, 3.05) is 18.4 Å². The van der Waals surface area contributed by atoms with Crippen LogP contribution in [-0.4, -0.2) is 28.9 Å². The molecule has 0 saturated carbocycles. The Balaban J connectivity index is 1.75. The van der Waals surface area contributed by atoms with Crippen molar-refractivity contribution in [2.45, 2.75) is 32.7 Å². The number of nitrogens with one attached hydrogen (secondary N) is 1. The van der Waals surface area contributed by atoms with Crippen LogP contribution in [0, 0.1) is 0 Å². The van der Waals surface area contributed by atoms with Gasteiger partial charge in [0.05, 0.1) is 10.7 Å². The van der Waals surface area contributed by atoms with Gasteiger partial charge in [0.15, 0.2) is 5.76 Å². The predicted molar refractivity (Wildman–Crippen MR) is 89.8 cm³/mol. The van der Waals surface area contributed by atoms with E-state index in [9.17, 15) is 4.79 Å². The van der Waals surface area contributed by atoms with Crippen molar-refractivity contribution in [1.29, 1.82) is 0 Å². The summed E-state index contributed by atoms with van der Waals surface area (Å²) in [5.74, 6) is 0.910. The van der Waals surface area contributed by atoms with Crippen LogP contribution in [0.3, 0.4) is 0 Å². The lowest BCUT2D eigenvalue weighted by atomic mass is 10.2. The number of pyridine rings is 1. The van der Waals surface area contributed by atoms with Crippen molar-refractivity contribution in [3.8, 4) is 0 Å². The Kier molecular flexibility index (Phi) is 4.98. The molecule has 1 fully saturated rings. The Hall–Kier alpha value is -1.85. The molecular formula is C17H20ClN3O2. The second kappa shape index (κ2) is 7.15. The first kappa shape index (κ1) is 16.0. The van der Waals surface area contributed by atoms with Gasteiger partial charge in [-0.25, -0.2) is 0 Å². The number of halogens is 1. The van der Waals surface area contributed by atoms with Crippen molar-refractivity contribution >= 4 is 23.2 Å². The lowest BCUT2D eigenvalue weighted by Crippen LogP contribution is -2.18. The number of carbonyl (C=O) groups excluding carboxylic acids is 1. The van der Waals surface area contributed by atoms with Crippen molar-refractivity contribution in [2.24, 2.45) is 0 Å². The molecule has 0 radical (unpaired) electrons. The van der Waals surface area contributed by atoms with Crippen molar-refractivity contribution in [3.05, 3.63) is 46.6 Å². The molecule has 23 heavy (non-hydrogen) atoms. The van der Waals surface area contributed by atoms with Gasteiger partial charge in [0, 0.05) is 30.9 Å². The summed E-state index contributed by atoms with van der Waals surface area (Å²) in [6.07, 6.45) is 6.34. The highest BCUT2D eigenvalue weighted by Crippen LogP contribution is 2.23. The molecule has 1 aliphatic rings. The van der Waals surface area contributed by atoms with E-state index in [-0.39, 0.29) is 5.91 Å². The van der Waals surface area contributed by atoms with E-state index in [0.717, 1.165) is 37.4 Å². The molecule has 1 amide bonds. The van der Waals surface area contributed by atoms with Crippen LogP contribution in [0.1, 0.15) is 41.6 Å². The summed E-state index contributed by atoms with van der Waals surface area (Å²) in [6, 6.07) is 3.51. The number of anilines is 1. The number of likely N-dealkylation sites (tertiary alicyclic amines) is 1. The summed E-state index contributed by atoms with van der Waals surface area (Å²) >= 11 is 6.02. The number of aryl methyl sites for hydroxylation is 1. The van der Waals surface area contributed by atoms with Gasteiger partial charge in [0.25, 0.3) is 5.91 Å². The Labute approximate surface area is 140 Å². The zero-order valence-electron chi connectivity index (χ0n) is 13.1. The maximum Gasteiger partial charge on any atom is 0.291 e. The molecule has 0 aromatic carbocycles. The number of rotatable bonds is 5. The molecule has 122 valence electrons. The molecule has 0 unspecified atom stereocenters. The van der Waals surface area contributed by atoms with Gasteiger partial charge < -0.3 is 9.73 Å². The first-order chi connectivity index (χ1) is 11.2. The molecular weight excluding hydrogens is 314 g/mol. The second-order valence-corrected chi connectivity index (χ2v) is 6.11. The number of hydrogen-bond donors (Lipinski definition) is 1. The van der Waals surface area contributed by atoms with E-state index in [1.54, 1.807) is 12.3 Å². The van der Waals surface area contributed by atoms with E-state index in [1.165, 1.54) is 19.0 Å². The van der Waals surface area contributed by atoms with Gasteiger partial charge in [-0.05, 0) is 38.1 Å². The molecule has 2 aromatic rings. The Morgan fingerprint density at radius 1 is 1.43 bits per heavy atom. The number of aromatic nitrogens is 1. The Bertz CT molecular complexity index is 693. The minimum Gasteiger partial charge on any atom is -0.456 e. The Morgan fingerprint density at radius 2 is 2.22 bits per heavy atom. The van der Waals surface area contributed by atoms with Gasteiger partial charge in [-0.15, -0.1) is 0 Å². The molecule has 3 rings (SSSR count). The Morgan fingerprint density at radius 3 is 2.91 bits per heavy atom. The fourth-order valence-corrected chi connectivity index (χ4v) is 3.02. The van der Waals surface area contributed by atoms with Crippen LogP contribution in [-0.2, 0) is 13.0 Å². The van der Waals surface area contributed by atoms with Gasteiger partial charge in [-0.3, -0.25) is 14.7 Å². The van der Waals surface area contributed by atoms with Crippen molar-refractivity contribution in [3.63, 3.8) is 0 Å². The molecule has 1 N–H and O–H groups in total. The molecule has 2 aromatic heterocycles. The van der Waals surface area contributed by atoms with Crippen LogP contribution in [0.4, 0.5) is 5.69 Å². The van der Waals surface area contributed by atoms with E-state index in [4.69, 9.17) is 16.0 Å². The molecule has 0 aliphatic carbocycles. The molecule has 1 saturated heterocycles. The molecule has 3 heterocycles. The molecule has 0 atom stereocenters. The van der Waals surface area contributed by atoms with E-state index < -0.39 is 0 Å². The SMILES string of the molecule is CCc1oc(C(=O)Nc2ccncc2Cl)cc1CN1CCCC1. The fourth-order valence-electron chi connectivity index (χ4n) is 2.85. The van der Waals surface area contributed by atoms with Gasteiger partial charge in [0.1, 0.15) is 5.76 Å². The van der Waals surface area contributed by atoms with Crippen LogP contribution in [0.5, 0.6) is 0 Å². The van der Waals surface area contributed by atoms with Crippen LogP contribution in [0.15, 0.2) is 28.9 Å². The summed E-state index contributed by atoms with van der Waals surface area (Å²) in [5, 5.41) is 3.17. The van der Waals surface area contributed by atoms with Crippen molar-refractivity contribution < 1.29 is 9.21 Å². The van der Waals surface area contributed by atoms with Crippen molar-refractivity contribution in [1.82, 2.24) is 9.88 Å². The summed E-state index contributed by atoms with van der Waals surface area (Å²) in [5.41, 5.74) is 1.63. The van der Waals surface area contributed by atoms with E-state index in [1.807, 2.05) is 13.0 Å². The highest BCUT2D eigenvalue weighted by atomic mass is 35.5. The largest absolute Gasteiger partial charge is 0.456 e. The number of carbonyl (C=O) groups is 1. The van der Waals surface area contributed by atoms with E-state index >= 15 is 0 Å². The zero-order chi connectivity index (χ0) is 16.2. The lowest BCUT2D eigenvalue weighted by Gasteiger charge is -2.13. The quantitative estimate of drug-likeness (QED) is 0.905. The first-order valence-electron chi connectivity index (χ1n) is 7.92. The zero-order valence-corrected chi connectivity index (χ0v) is 13.9. The number of nitrogens with zero attached hydrogens (tertiary/aromatic N) is 2. The van der Waals surface area contributed by atoms with Crippen LogP contribution in [0.25, 0.3) is 0 Å². The summed E-state index contributed by atoms with van der Waals surface area (Å²) in [6.45, 7) is 5.11. The third-order valence-electron chi connectivity index (χ3n) is 4.05. The topological polar surface area (TPSA) is 58.4 Å². The summed E-state index contributed by atoms with van der Waals surface area (Å²) in [4.78, 5) is 18.7. The second-order valence-electron chi connectivity index (χ2n) is 5.71. The van der Waals surface area contributed by atoms with E-state index in [2.05, 4.69) is 15.2 Å². The third-order valence-corrected chi connectivity index (χ3v) is 4.36. The highest BCUT2D eigenvalue weighted by Gasteiger charge is 2.20. The normalized spacial score (nSPS) is 15.0. The fraction of sp³-hybridized carbons (Fsp3) is 0.412. The van der Waals surface area contributed by atoms with Crippen LogP contribution in [0.2, 0.25) is 5.02 Å². The average molecular weight is 334 g/mol. The number of hydrogen-bond acceptors (Lipinski definition) is 4. The van der Waals surface area contributed by atoms with Gasteiger partial charge in [0.2, 0.25) is 0 Å². The minimum atomic E-state index is -0.291. The molecule has 6 heteroatoms. The lowest BCUT2D eigenvalue weighted by molar-refractivity contribution is 0.0995. The van der Waals surface area contributed by atoms with E-state index in [0.29, 0.717) is 16.5 Å². The standard InChI is InChI=1S/C17H20ClN3O2/c1-2-15-12(11-21-7-3-4-8-21)9-16(23-15)17(22)20-14-5-6-19-10-13(14)18/h5-6,9-10H,2-4,7-8,11H2,1H3,(H,19,20,22). The van der Waals surface area contributed by atoms with Crippen LogP contribution < -0.4 is 5.32 Å². The van der Waals surface area contributed by atoms with Gasteiger partial charge >= 0.3 is 0 Å². The maximum atomic E-state index is 12.4. The number of amides is 1. The van der Waals surface area contributed by atoms with Gasteiger partial charge in [-0.1, -0.05) is 18.5 Å². The smallest absolute Gasteiger partial charge is 0.291 e. The molecule has 0 spiro atoms. The number of furan rings is 1. The highest BCUT2D eigenvalue weighted by molar-refractivity contribution is 6.33. The average Bonchev–Trinajstić information content (AvgIpc) is 3.19. The maximum absolute atomic E-state index is 12.4.